The van der Waals surface area contributed by atoms with Gasteiger partial charge in [0.1, 0.15) is 17.3 Å². The summed E-state index contributed by atoms with van der Waals surface area (Å²) in [5.41, 5.74) is 2.29. The number of rotatable bonds is 10. The van der Waals surface area contributed by atoms with E-state index in [9.17, 15) is 9.59 Å². The van der Waals surface area contributed by atoms with Crippen molar-refractivity contribution in [2.45, 2.75) is 39.5 Å². The topological polar surface area (TPSA) is 89.4 Å². The van der Waals surface area contributed by atoms with Gasteiger partial charge in [0.15, 0.2) is 6.61 Å². The zero-order chi connectivity index (χ0) is 32.9. The highest BCUT2D eigenvalue weighted by Crippen LogP contribution is 2.30. The van der Waals surface area contributed by atoms with Gasteiger partial charge < -0.3 is 19.1 Å². The number of piperazine rings is 1. The maximum absolute atomic E-state index is 14.4. The molecule has 10 nitrogen and oxygen atoms in total. The summed E-state index contributed by atoms with van der Waals surface area (Å²) in [4.78, 5) is 38.9. The Bertz CT molecular complexity index is 1750. The van der Waals surface area contributed by atoms with Crippen LogP contribution in [-0.4, -0.2) is 95.4 Å². The third-order valence-electron chi connectivity index (χ3n) is 8.70. The zero-order valence-electron chi connectivity index (χ0n) is 27.2. The Kier molecular flexibility index (Phi) is 10.4. The maximum Gasteiger partial charge on any atom is 0.266 e. The van der Waals surface area contributed by atoms with E-state index in [1.54, 1.807) is 28.8 Å². The van der Waals surface area contributed by atoms with Crippen LogP contribution in [0.1, 0.15) is 38.2 Å². The van der Waals surface area contributed by atoms with Crippen LogP contribution in [0.5, 0.6) is 11.5 Å². The maximum atomic E-state index is 14.4. The van der Waals surface area contributed by atoms with Crippen LogP contribution in [0.25, 0.3) is 16.6 Å². The van der Waals surface area contributed by atoms with Crippen molar-refractivity contribution < 1.29 is 19.0 Å². The summed E-state index contributed by atoms with van der Waals surface area (Å²) in [7, 11) is 0. The summed E-state index contributed by atoms with van der Waals surface area (Å²) in [5.74, 6) is 1.80. The standard InChI is InChI=1S/C36H42ClN5O5/c1-25(2)47-33-13-8-27(23-39-18-20-45-21-19-39)22-32(33)42-35(38-31-7-5-4-6-30(31)36(42)44)26(3)40-14-16-41(17-15-40)34(43)24-46-29-11-9-28(37)10-12-29/h4-13,22,25-26H,14-21,23-24H2,1-3H3. The first-order chi connectivity index (χ1) is 22.8. The van der Waals surface area contributed by atoms with Crippen molar-refractivity contribution in [2.24, 2.45) is 0 Å². The second kappa shape index (κ2) is 14.9. The Morgan fingerprint density at radius 3 is 2.38 bits per heavy atom. The smallest absolute Gasteiger partial charge is 0.266 e. The number of halogens is 1. The highest BCUT2D eigenvalue weighted by Gasteiger charge is 2.29. The lowest BCUT2D eigenvalue weighted by atomic mass is 10.1. The lowest BCUT2D eigenvalue weighted by Gasteiger charge is -2.38. The second-order valence-electron chi connectivity index (χ2n) is 12.3. The molecule has 0 spiro atoms. The summed E-state index contributed by atoms with van der Waals surface area (Å²) in [6, 6.07) is 20.4. The minimum Gasteiger partial charge on any atom is -0.489 e. The van der Waals surface area contributed by atoms with Crippen molar-refractivity contribution in [3.8, 4) is 17.2 Å². The van der Waals surface area contributed by atoms with Crippen LogP contribution < -0.4 is 15.0 Å². The molecule has 6 rings (SSSR count). The van der Waals surface area contributed by atoms with Crippen LogP contribution in [0.4, 0.5) is 0 Å². The van der Waals surface area contributed by atoms with Crippen molar-refractivity contribution >= 4 is 28.4 Å². The first-order valence-electron chi connectivity index (χ1n) is 16.3. The Hall–Kier alpha value is -3.96. The molecule has 0 N–H and O–H groups in total. The third kappa shape index (κ3) is 7.79. The van der Waals surface area contributed by atoms with Gasteiger partial charge in [-0.3, -0.25) is 24.0 Å². The van der Waals surface area contributed by atoms with Crippen molar-refractivity contribution in [3.05, 3.63) is 93.5 Å². The van der Waals surface area contributed by atoms with Gasteiger partial charge >= 0.3 is 0 Å². The molecule has 2 aliphatic heterocycles. The van der Waals surface area contributed by atoms with Crippen molar-refractivity contribution in [1.29, 1.82) is 0 Å². The van der Waals surface area contributed by atoms with E-state index in [4.69, 9.17) is 30.8 Å². The molecular formula is C36H42ClN5O5. The molecule has 2 aliphatic rings. The fraction of sp³-hybridized carbons (Fsp3) is 0.417. The molecule has 0 radical (unpaired) electrons. The molecule has 0 aliphatic carbocycles. The highest BCUT2D eigenvalue weighted by molar-refractivity contribution is 6.30. The van der Waals surface area contributed by atoms with Gasteiger partial charge in [-0.2, -0.15) is 0 Å². The summed E-state index contributed by atoms with van der Waals surface area (Å²) >= 11 is 5.96. The molecule has 4 aromatic rings. The number of ether oxygens (including phenoxy) is 3. The normalized spacial score (nSPS) is 16.8. The molecule has 47 heavy (non-hydrogen) atoms. The number of carbonyl (C=O) groups is 1. The monoisotopic (exact) mass is 659 g/mol. The number of nitrogens with zero attached hydrogens (tertiary/aromatic N) is 5. The van der Waals surface area contributed by atoms with Gasteiger partial charge in [-0.1, -0.05) is 29.8 Å². The molecule has 1 atom stereocenters. The predicted octanol–water partition coefficient (Wildman–Crippen LogP) is 4.94. The fourth-order valence-corrected chi connectivity index (χ4v) is 6.29. The van der Waals surface area contributed by atoms with Crippen LogP contribution in [0, 0.1) is 0 Å². The van der Waals surface area contributed by atoms with E-state index in [-0.39, 0.29) is 30.2 Å². The first kappa shape index (κ1) is 33.0. The van der Waals surface area contributed by atoms with Gasteiger partial charge in [0, 0.05) is 50.8 Å². The number of morpholine rings is 1. The lowest BCUT2D eigenvalue weighted by Crippen LogP contribution is -2.51. The van der Waals surface area contributed by atoms with Gasteiger partial charge in [0.2, 0.25) is 0 Å². The van der Waals surface area contributed by atoms with Gasteiger partial charge in [-0.15, -0.1) is 0 Å². The number of para-hydroxylation sites is 1. The third-order valence-corrected chi connectivity index (χ3v) is 8.95. The zero-order valence-corrected chi connectivity index (χ0v) is 28.0. The van der Waals surface area contributed by atoms with Crippen LogP contribution in [0.2, 0.25) is 5.02 Å². The quantitative estimate of drug-likeness (QED) is 0.237. The van der Waals surface area contributed by atoms with Gasteiger partial charge in [-0.05, 0) is 74.9 Å². The Balaban J connectivity index is 1.28. The number of carbonyl (C=O) groups excluding carboxylic acids is 1. The molecule has 248 valence electrons. The van der Waals surface area contributed by atoms with Crippen molar-refractivity contribution in [3.63, 3.8) is 0 Å². The first-order valence-corrected chi connectivity index (χ1v) is 16.7. The van der Waals surface area contributed by atoms with Gasteiger partial charge in [0.25, 0.3) is 11.5 Å². The van der Waals surface area contributed by atoms with E-state index in [1.807, 2.05) is 49.1 Å². The summed E-state index contributed by atoms with van der Waals surface area (Å²) in [5, 5.41) is 1.17. The molecule has 11 heteroatoms. The summed E-state index contributed by atoms with van der Waals surface area (Å²) < 4.78 is 19.3. The van der Waals surface area contributed by atoms with Gasteiger partial charge in [-0.25, -0.2) is 4.98 Å². The number of hydrogen-bond acceptors (Lipinski definition) is 8. The molecule has 0 saturated carbocycles. The average Bonchev–Trinajstić information content (AvgIpc) is 3.08. The molecule has 2 saturated heterocycles. The van der Waals surface area contributed by atoms with Crippen LogP contribution in [0.3, 0.4) is 0 Å². The van der Waals surface area contributed by atoms with E-state index >= 15 is 0 Å². The predicted molar refractivity (Wildman–Crippen MR) is 183 cm³/mol. The molecule has 3 aromatic carbocycles. The van der Waals surface area contributed by atoms with Gasteiger partial charge in [0.05, 0.1) is 41.9 Å². The SMILES string of the molecule is CC(C)Oc1ccc(CN2CCOCC2)cc1-n1c(C(C)N2CCN(C(=O)COc3ccc(Cl)cc3)CC2)nc2ccccc2c1=O. The molecular weight excluding hydrogens is 618 g/mol. The number of fused-ring (bicyclic) bond motifs is 1. The van der Waals surface area contributed by atoms with E-state index in [0.717, 1.165) is 25.2 Å². The molecule has 1 aromatic heterocycles. The molecule has 1 amide bonds. The number of hydrogen-bond donors (Lipinski definition) is 0. The van der Waals surface area contributed by atoms with Crippen LogP contribution in [-0.2, 0) is 16.1 Å². The molecule has 3 heterocycles. The molecule has 0 bridgehead atoms. The Morgan fingerprint density at radius 1 is 0.936 bits per heavy atom. The van der Waals surface area contributed by atoms with E-state index in [1.165, 1.54) is 0 Å². The largest absolute Gasteiger partial charge is 0.489 e. The number of aromatic nitrogens is 2. The molecule has 1 unspecified atom stereocenters. The van der Waals surface area contributed by atoms with E-state index in [0.29, 0.717) is 78.3 Å². The minimum absolute atomic E-state index is 0.0393. The number of amides is 1. The van der Waals surface area contributed by atoms with Crippen molar-refractivity contribution in [1.82, 2.24) is 24.3 Å². The fourth-order valence-electron chi connectivity index (χ4n) is 6.16. The van der Waals surface area contributed by atoms with E-state index in [2.05, 4.69) is 28.9 Å². The summed E-state index contributed by atoms with van der Waals surface area (Å²) in [6.45, 7) is 12.2. The highest BCUT2D eigenvalue weighted by atomic mass is 35.5. The van der Waals surface area contributed by atoms with Crippen LogP contribution in [0.15, 0.2) is 71.5 Å². The Labute approximate surface area is 280 Å². The minimum atomic E-state index is -0.218. The van der Waals surface area contributed by atoms with Crippen LogP contribution >= 0.6 is 11.6 Å². The molecule has 2 fully saturated rings. The Morgan fingerprint density at radius 2 is 1.66 bits per heavy atom. The average molecular weight is 660 g/mol. The summed E-state index contributed by atoms with van der Waals surface area (Å²) in [6.07, 6.45) is -0.0851. The number of benzene rings is 3. The second-order valence-corrected chi connectivity index (χ2v) is 12.8. The lowest BCUT2D eigenvalue weighted by molar-refractivity contribution is -0.135. The van der Waals surface area contributed by atoms with Crippen molar-refractivity contribution in [2.75, 3.05) is 59.1 Å². The van der Waals surface area contributed by atoms with E-state index < -0.39 is 0 Å².